The molecule has 0 saturated carbocycles. The Morgan fingerprint density at radius 1 is 1.65 bits per heavy atom. The first-order chi connectivity index (χ1) is 8.29. The number of hydrogen-bond donors (Lipinski definition) is 2. The van der Waals surface area contributed by atoms with Gasteiger partial charge in [0, 0.05) is 25.2 Å². The lowest BCUT2D eigenvalue weighted by Gasteiger charge is -2.14. The van der Waals surface area contributed by atoms with Gasteiger partial charge >= 0.3 is 0 Å². The Bertz CT molecular complexity index is 395. The first-order valence-electron chi connectivity index (χ1n) is 5.90. The Morgan fingerprint density at radius 2 is 2.53 bits per heavy atom. The summed E-state index contributed by atoms with van der Waals surface area (Å²) in [6.07, 6.45) is 3.22. The predicted octanol–water partition coefficient (Wildman–Crippen LogP) is 1.17. The molecule has 2 N–H and O–H groups in total. The summed E-state index contributed by atoms with van der Waals surface area (Å²) in [5.74, 6) is 1.61. The zero-order valence-electron chi connectivity index (χ0n) is 9.90. The Hall–Kier alpha value is -1.78. The molecule has 1 fully saturated rings. The fraction of sp³-hybridized carbons (Fsp3) is 0.500. The molecule has 92 valence electrons. The predicted molar refractivity (Wildman–Crippen MR) is 65.1 cm³/mol. The molecule has 1 aromatic heterocycles. The zero-order valence-corrected chi connectivity index (χ0v) is 9.90. The topological polar surface area (TPSA) is 63.2 Å². The summed E-state index contributed by atoms with van der Waals surface area (Å²) in [5.41, 5.74) is 0. The molecule has 0 aliphatic carbocycles. The SMILES string of the molecule is CCOc1cccnc1NCC1CCC(=O)N1. The van der Waals surface area contributed by atoms with E-state index in [-0.39, 0.29) is 11.9 Å². The summed E-state index contributed by atoms with van der Waals surface area (Å²) in [7, 11) is 0. The van der Waals surface area contributed by atoms with Crippen LogP contribution in [0.25, 0.3) is 0 Å². The van der Waals surface area contributed by atoms with Crippen molar-refractivity contribution in [2.24, 2.45) is 0 Å². The molecular weight excluding hydrogens is 218 g/mol. The summed E-state index contributed by atoms with van der Waals surface area (Å²) in [4.78, 5) is 15.3. The van der Waals surface area contributed by atoms with Gasteiger partial charge in [0.15, 0.2) is 11.6 Å². The van der Waals surface area contributed by atoms with Crippen molar-refractivity contribution in [2.75, 3.05) is 18.5 Å². The van der Waals surface area contributed by atoms with Crippen LogP contribution in [-0.4, -0.2) is 30.1 Å². The second-order valence-electron chi connectivity index (χ2n) is 3.97. The van der Waals surface area contributed by atoms with Crippen molar-refractivity contribution in [1.29, 1.82) is 0 Å². The lowest BCUT2D eigenvalue weighted by Crippen LogP contribution is -2.32. The Balaban J connectivity index is 1.91. The molecule has 0 bridgehead atoms. The molecule has 17 heavy (non-hydrogen) atoms. The van der Waals surface area contributed by atoms with Crippen LogP contribution in [0.4, 0.5) is 5.82 Å². The minimum Gasteiger partial charge on any atom is -0.490 e. The normalized spacial score (nSPS) is 18.9. The van der Waals surface area contributed by atoms with Crippen LogP contribution in [0.2, 0.25) is 0 Å². The Morgan fingerprint density at radius 3 is 3.24 bits per heavy atom. The number of nitrogens with zero attached hydrogens (tertiary/aromatic N) is 1. The molecule has 0 radical (unpaired) electrons. The van der Waals surface area contributed by atoms with E-state index in [0.29, 0.717) is 19.6 Å². The molecule has 2 heterocycles. The molecule has 1 atom stereocenters. The van der Waals surface area contributed by atoms with Crippen molar-refractivity contribution in [3.63, 3.8) is 0 Å². The lowest BCUT2D eigenvalue weighted by molar-refractivity contribution is -0.119. The second kappa shape index (κ2) is 5.52. The fourth-order valence-electron chi connectivity index (χ4n) is 1.85. The number of pyridine rings is 1. The van der Waals surface area contributed by atoms with Crippen LogP contribution in [0.15, 0.2) is 18.3 Å². The van der Waals surface area contributed by atoms with Gasteiger partial charge < -0.3 is 15.4 Å². The number of aromatic nitrogens is 1. The van der Waals surface area contributed by atoms with E-state index in [4.69, 9.17) is 4.74 Å². The summed E-state index contributed by atoms with van der Waals surface area (Å²) in [5, 5.41) is 6.12. The van der Waals surface area contributed by atoms with Crippen molar-refractivity contribution < 1.29 is 9.53 Å². The highest BCUT2D eigenvalue weighted by atomic mass is 16.5. The summed E-state index contributed by atoms with van der Waals surface area (Å²) in [6, 6.07) is 3.92. The van der Waals surface area contributed by atoms with Gasteiger partial charge in [-0.1, -0.05) is 0 Å². The molecule has 0 spiro atoms. The number of carbonyl (C=O) groups excluding carboxylic acids is 1. The number of anilines is 1. The molecule has 1 amide bonds. The maximum atomic E-state index is 11.1. The van der Waals surface area contributed by atoms with Gasteiger partial charge in [-0.2, -0.15) is 0 Å². The largest absolute Gasteiger partial charge is 0.490 e. The summed E-state index contributed by atoms with van der Waals surface area (Å²) in [6.45, 7) is 3.23. The van der Waals surface area contributed by atoms with Gasteiger partial charge in [0.05, 0.1) is 6.61 Å². The van der Waals surface area contributed by atoms with Crippen LogP contribution in [0.1, 0.15) is 19.8 Å². The molecule has 2 rings (SSSR count). The Kier molecular flexibility index (Phi) is 3.80. The number of rotatable bonds is 5. The highest BCUT2D eigenvalue weighted by molar-refractivity contribution is 5.78. The van der Waals surface area contributed by atoms with Gasteiger partial charge in [-0.15, -0.1) is 0 Å². The van der Waals surface area contributed by atoms with Gasteiger partial charge in [-0.05, 0) is 25.5 Å². The molecule has 1 unspecified atom stereocenters. The number of nitrogens with one attached hydrogen (secondary N) is 2. The van der Waals surface area contributed by atoms with Gasteiger partial charge in [0.25, 0.3) is 0 Å². The van der Waals surface area contributed by atoms with Crippen LogP contribution in [0, 0.1) is 0 Å². The molecule has 1 aliphatic rings. The third-order valence-corrected chi connectivity index (χ3v) is 2.67. The van der Waals surface area contributed by atoms with Crippen LogP contribution < -0.4 is 15.4 Å². The zero-order chi connectivity index (χ0) is 12.1. The number of amides is 1. The molecule has 5 nitrogen and oxygen atoms in total. The standard InChI is InChI=1S/C12H17N3O2/c1-2-17-10-4-3-7-13-12(10)14-8-9-5-6-11(16)15-9/h3-4,7,9H,2,5-6,8H2,1H3,(H,13,14)(H,15,16). The highest BCUT2D eigenvalue weighted by Crippen LogP contribution is 2.21. The van der Waals surface area contributed by atoms with E-state index in [1.807, 2.05) is 19.1 Å². The van der Waals surface area contributed by atoms with Crippen molar-refractivity contribution >= 4 is 11.7 Å². The maximum Gasteiger partial charge on any atom is 0.220 e. The molecular formula is C12H17N3O2. The molecule has 1 aromatic rings. The van der Waals surface area contributed by atoms with Crippen molar-refractivity contribution in [1.82, 2.24) is 10.3 Å². The van der Waals surface area contributed by atoms with E-state index in [9.17, 15) is 4.79 Å². The van der Waals surface area contributed by atoms with Crippen LogP contribution in [-0.2, 0) is 4.79 Å². The molecule has 1 aliphatic heterocycles. The van der Waals surface area contributed by atoms with Crippen molar-refractivity contribution in [3.05, 3.63) is 18.3 Å². The average Bonchev–Trinajstić information content (AvgIpc) is 2.74. The van der Waals surface area contributed by atoms with Crippen molar-refractivity contribution in [2.45, 2.75) is 25.8 Å². The second-order valence-corrected chi connectivity index (χ2v) is 3.97. The highest BCUT2D eigenvalue weighted by Gasteiger charge is 2.20. The molecule has 1 saturated heterocycles. The van der Waals surface area contributed by atoms with Gasteiger partial charge in [0.1, 0.15) is 0 Å². The monoisotopic (exact) mass is 235 g/mol. The third kappa shape index (κ3) is 3.09. The summed E-state index contributed by atoms with van der Waals surface area (Å²) < 4.78 is 5.46. The number of ether oxygens (including phenoxy) is 1. The smallest absolute Gasteiger partial charge is 0.220 e. The van der Waals surface area contributed by atoms with Gasteiger partial charge in [0.2, 0.25) is 5.91 Å². The van der Waals surface area contributed by atoms with E-state index in [0.717, 1.165) is 18.0 Å². The minimum atomic E-state index is 0.128. The van der Waals surface area contributed by atoms with Crippen molar-refractivity contribution in [3.8, 4) is 5.75 Å². The van der Waals surface area contributed by atoms with Crippen LogP contribution in [0.5, 0.6) is 5.75 Å². The van der Waals surface area contributed by atoms with E-state index in [1.165, 1.54) is 0 Å². The number of hydrogen-bond acceptors (Lipinski definition) is 4. The van der Waals surface area contributed by atoms with E-state index >= 15 is 0 Å². The quantitative estimate of drug-likeness (QED) is 0.804. The van der Waals surface area contributed by atoms with E-state index < -0.39 is 0 Å². The molecule has 0 aromatic carbocycles. The Labute approximate surface area is 101 Å². The van der Waals surface area contributed by atoms with Crippen LogP contribution in [0.3, 0.4) is 0 Å². The van der Waals surface area contributed by atoms with E-state index in [1.54, 1.807) is 6.20 Å². The van der Waals surface area contributed by atoms with Gasteiger partial charge in [-0.25, -0.2) is 4.98 Å². The first kappa shape index (κ1) is 11.7. The number of carbonyl (C=O) groups is 1. The summed E-state index contributed by atoms with van der Waals surface area (Å²) >= 11 is 0. The minimum absolute atomic E-state index is 0.128. The third-order valence-electron chi connectivity index (χ3n) is 2.67. The lowest BCUT2D eigenvalue weighted by atomic mass is 10.2. The molecule has 5 heteroatoms. The van der Waals surface area contributed by atoms with Crippen LogP contribution >= 0.6 is 0 Å². The fourth-order valence-corrected chi connectivity index (χ4v) is 1.85. The maximum absolute atomic E-state index is 11.1. The van der Waals surface area contributed by atoms with E-state index in [2.05, 4.69) is 15.6 Å². The first-order valence-corrected chi connectivity index (χ1v) is 5.90. The van der Waals surface area contributed by atoms with Gasteiger partial charge in [-0.3, -0.25) is 4.79 Å². The average molecular weight is 235 g/mol.